The third-order valence-corrected chi connectivity index (χ3v) is 6.93. The van der Waals surface area contributed by atoms with E-state index in [4.69, 9.17) is 22.2 Å². The molecule has 1 aliphatic carbocycles. The molecule has 2 aromatic rings. The first kappa shape index (κ1) is 20.5. The van der Waals surface area contributed by atoms with Crippen molar-refractivity contribution in [1.82, 2.24) is 15.3 Å². The Morgan fingerprint density at radius 1 is 0.839 bits per heavy atom. The highest BCUT2D eigenvalue weighted by atomic mass is 32.1. The third-order valence-electron chi connectivity index (χ3n) is 6.71. The number of hydrogen-bond donors (Lipinski definition) is 2. The molecular weight excluding hydrogens is 404 g/mol. The first-order chi connectivity index (χ1) is 15.2. The zero-order valence-corrected chi connectivity index (χ0v) is 19.0. The summed E-state index contributed by atoms with van der Waals surface area (Å²) in [5.41, 5.74) is 2.76. The number of hydrogen-bond acceptors (Lipinski definition) is 5. The van der Waals surface area contributed by atoms with Gasteiger partial charge in [0.1, 0.15) is 11.6 Å². The van der Waals surface area contributed by atoms with E-state index in [2.05, 4.69) is 50.8 Å². The van der Waals surface area contributed by atoms with Crippen LogP contribution in [0.4, 0.5) is 17.6 Å². The molecule has 5 rings (SSSR count). The first-order valence-electron chi connectivity index (χ1n) is 11.8. The van der Waals surface area contributed by atoms with E-state index in [1.54, 1.807) is 0 Å². The second-order valence-corrected chi connectivity index (χ2v) is 9.42. The van der Waals surface area contributed by atoms with Crippen molar-refractivity contribution in [1.29, 1.82) is 0 Å². The van der Waals surface area contributed by atoms with Crippen LogP contribution in [0, 0.1) is 0 Å². The minimum atomic E-state index is 0.473. The second kappa shape index (κ2) is 9.39. The predicted molar refractivity (Wildman–Crippen MR) is 131 cm³/mol. The standard InChI is InChI=1S/C24H32N6S/c31-24(25-20-11-5-6-12-20)28-23-26-21(29-13-7-1-2-8-14-29)15-22(27-23)30-16-18-9-3-4-10-19(18)17-30/h3-4,9-10,15,20H,1-2,5-8,11-14,16-17H2,(H2,25,26,27,28,31). The summed E-state index contributed by atoms with van der Waals surface area (Å²) >= 11 is 5.60. The molecule has 2 N–H and O–H groups in total. The quantitative estimate of drug-likeness (QED) is 0.679. The molecule has 0 amide bonds. The molecule has 7 heteroatoms. The number of fused-ring (bicyclic) bond motifs is 1. The van der Waals surface area contributed by atoms with Crippen LogP contribution in [0.15, 0.2) is 30.3 Å². The normalized spacial score (nSPS) is 19.2. The smallest absolute Gasteiger partial charge is 0.232 e. The summed E-state index contributed by atoms with van der Waals surface area (Å²) in [5.74, 6) is 2.58. The largest absolute Gasteiger partial charge is 0.360 e. The summed E-state index contributed by atoms with van der Waals surface area (Å²) in [4.78, 5) is 14.5. The van der Waals surface area contributed by atoms with E-state index < -0.39 is 0 Å². The minimum Gasteiger partial charge on any atom is -0.360 e. The molecule has 0 spiro atoms. The molecule has 0 unspecified atom stereocenters. The van der Waals surface area contributed by atoms with Crippen LogP contribution in [-0.2, 0) is 13.1 Å². The van der Waals surface area contributed by atoms with Gasteiger partial charge in [-0.2, -0.15) is 9.97 Å². The van der Waals surface area contributed by atoms with Crippen molar-refractivity contribution in [3.63, 3.8) is 0 Å². The van der Waals surface area contributed by atoms with Gasteiger partial charge in [0.25, 0.3) is 0 Å². The Labute approximate surface area is 190 Å². The molecule has 3 aliphatic rings. The van der Waals surface area contributed by atoms with E-state index >= 15 is 0 Å². The molecule has 1 saturated carbocycles. The maximum Gasteiger partial charge on any atom is 0.232 e. The maximum absolute atomic E-state index is 5.60. The van der Waals surface area contributed by atoms with Gasteiger partial charge in [0.2, 0.25) is 5.95 Å². The lowest BCUT2D eigenvalue weighted by molar-refractivity contribution is 0.634. The van der Waals surface area contributed by atoms with E-state index in [0.717, 1.165) is 37.8 Å². The third kappa shape index (κ3) is 4.92. The zero-order valence-electron chi connectivity index (χ0n) is 18.1. The van der Waals surface area contributed by atoms with Gasteiger partial charge in [-0.05, 0) is 49.0 Å². The summed E-state index contributed by atoms with van der Waals surface area (Å²) in [6.45, 7) is 3.88. The molecular formula is C24H32N6S. The van der Waals surface area contributed by atoms with E-state index in [1.165, 1.54) is 62.5 Å². The van der Waals surface area contributed by atoms with Crippen molar-refractivity contribution in [3.8, 4) is 0 Å². The molecule has 0 bridgehead atoms. The lowest BCUT2D eigenvalue weighted by Crippen LogP contribution is -2.36. The van der Waals surface area contributed by atoms with Crippen LogP contribution >= 0.6 is 12.2 Å². The summed E-state index contributed by atoms with van der Waals surface area (Å²) in [6, 6.07) is 11.3. The highest BCUT2D eigenvalue weighted by Crippen LogP contribution is 2.30. The van der Waals surface area contributed by atoms with Crippen molar-refractivity contribution >= 4 is 34.9 Å². The highest BCUT2D eigenvalue weighted by Gasteiger charge is 2.23. The van der Waals surface area contributed by atoms with Gasteiger partial charge in [0.05, 0.1) is 0 Å². The van der Waals surface area contributed by atoms with Crippen LogP contribution in [-0.4, -0.2) is 34.2 Å². The average molecular weight is 437 g/mol. The summed E-state index contributed by atoms with van der Waals surface area (Å²) in [5, 5.41) is 7.38. The Bertz CT molecular complexity index is 893. The lowest BCUT2D eigenvalue weighted by atomic mass is 10.1. The number of benzene rings is 1. The van der Waals surface area contributed by atoms with Crippen molar-refractivity contribution in [2.24, 2.45) is 0 Å². The van der Waals surface area contributed by atoms with Gasteiger partial charge in [-0.15, -0.1) is 0 Å². The van der Waals surface area contributed by atoms with Crippen molar-refractivity contribution < 1.29 is 0 Å². The zero-order chi connectivity index (χ0) is 21.0. The van der Waals surface area contributed by atoms with Gasteiger partial charge < -0.3 is 20.4 Å². The fraction of sp³-hybridized carbons (Fsp3) is 0.542. The van der Waals surface area contributed by atoms with E-state index in [0.29, 0.717) is 17.1 Å². The average Bonchev–Trinajstić information content (AvgIpc) is 3.36. The molecule has 1 saturated heterocycles. The van der Waals surface area contributed by atoms with Crippen molar-refractivity contribution in [2.45, 2.75) is 70.5 Å². The molecule has 3 heterocycles. The monoisotopic (exact) mass is 436 g/mol. The number of rotatable bonds is 4. The number of nitrogens with one attached hydrogen (secondary N) is 2. The van der Waals surface area contributed by atoms with Crippen LogP contribution in [0.25, 0.3) is 0 Å². The summed E-state index contributed by atoms with van der Waals surface area (Å²) in [6.07, 6.45) is 9.98. The van der Waals surface area contributed by atoms with Crippen molar-refractivity contribution in [3.05, 3.63) is 41.5 Å². The molecule has 1 aromatic heterocycles. The fourth-order valence-corrected chi connectivity index (χ4v) is 5.25. The Morgan fingerprint density at radius 2 is 1.45 bits per heavy atom. The van der Waals surface area contributed by atoms with Crippen LogP contribution in [0.3, 0.4) is 0 Å². The number of thiocarbonyl (C=S) groups is 1. The Kier molecular flexibility index (Phi) is 6.20. The summed E-state index contributed by atoms with van der Waals surface area (Å²) < 4.78 is 0. The van der Waals surface area contributed by atoms with E-state index in [1.807, 2.05) is 0 Å². The van der Waals surface area contributed by atoms with Crippen LogP contribution in [0.2, 0.25) is 0 Å². The van der Waals surface area contributed by atoms with Gasteiger partial charge in [0, 0.05) is 38.3 Å². The van der Waals surface area contributed by atoms with Crippen LogP contribution in [0.1, 0.15) is 62.5 Å². The van der Waals surface area contributed by atoms with Crippen LogP contribution < -0.4 is 20.4 Å². The second-order valence-electron chi connectivity index (χ2n) is 9.01. The number of anilines is 3. The highest BCUT2D eigenvalue weighted by molar-refractivity contribution is 7.80. The van der Waals surface area contributed by atoms with E-state index in [9.17, 15) is 0 Å². The molecule has 164 valence electrons. The topological polar surface area (TPSA) is 56.3 Å². The molecule has 2 aliphatic heterocycles. The van der Waals surface area contributed by atoms with Gasteiger partial charge in [-0.3, -0.25) is 0 Å². The lowest BCUT2D eigenvalue weighted by Gasteiger charge is -2.25. The van der Waals surface area contributed by atoms with Gasteiger partial charge >= 0.3 is 0 Å². The van der Waals surface area contributed by atoms with Crippen LogP contribution in [0.5, 0.6) is 0 Å². The predicted octanol–water partition coefficient (Wildman–Crippen LogP) is 4.61. The molecule has 6 nitrogen and oxygen atoms in total. The Hall–Kier alpha value is -2.41. The fourth-order valence-electron chi connectivity index (χ4n) is 4.99. The molecule has 0 atom stereocenters. The Balaban J connectivity index is 1.39. The molecule has 31 heavy (non-hydrogen) atoms. The number of aromatic nitrogens is 2. The Morgan fingerprint density at radius 3 is 2.10 bits per heavy atom. The minimum absolute atomic E-state index is 0.473. The van der Waals surface area contributed by atoms with Crippen molar-refractivity contribution in [2.75, 3.05) is 28.2 Å². The summed E-state index contributed by atoms with van der Waals surface area (Å²) in [7, 11) is 0. The van der Waals surface area contributed by atoms with Gasteiger partial charge in [-0.1, -0.05) is 49.9 Å². The molecule has 0 radical (unpaired) electrons. The SMILES string of the molecule is S=C(Nc1nc(N2CCCCCC2)cc(N2Cc3ccccc3C2)n1)NC1CCCC1. The maximum atomic E-state index is 5.60. The van der Waals surface area contributed by atoms with Gasteiger partial charge in [-0.25, -0.2) is 0 Å². The first-order valence-corrected chi connectivity index (χ1v) is 12.2. The van der Waals surface area contributed by atoms with Gasteiger partial charge in [0.15, 0.2) is 5.11 Å². The molecule has 1 aromatic carbocycles. The number of nitrogens with zero attached hydrogens (tertiary/aromatic N) is 4. The molecule has 2 fully saturated rings. The van der Waals surface area contributed by atoms with E-state index in [-0.39, 0.29) is 0 Å².